The molecule has 0 atom stereocenters. The number of hydrogen-bond acceptors (Lipinski definition) is 5. The number of aryl methyl sites for hydroxylation is 2. The Hall–Kier alpha value is -2.63. The van der Waals surface area contributed by atoms with E-state index in [2.05, 4.69) is 22.2 Å². The molecule has 0 aliphatic carbocycles. The molecule has 0 amide bonds. The van der Waals surface area contributed by atoms with Crippen molar-refractivity contribution in [2.45, 2.75) is 26.8 Å². The summed E-state index contributed by atoms with van der Waals surface area (Å²) in [5.41, 5.74) is 9.12. The maximum atomic E-state index is 5.68. The first-order chi connectivity index (χ1) is 10.2. The average Bonchev–Trinajstić information content (AvgIpc) is 3.14. The summed E-state index contributed by atoms with van der Waals surface area (Å²) < 4.78 is 7.26. The van der Waals surface area contributed by atoms with Crippen LogP contribution < -0.4 is 5.73 Å². The fourth-order valence-corrected chi connectivity index (χ4v) is 2.13. The number of aromatic nitrogens is 4. The van der Waals surface area contributed by atoms with Gasteiger partial charge in [0.15, 0.2) is 0 Å². The number of anilines is 1. The molecule has 0 unspecified atom stereocenters. The number of nitrogen functional groups attached to an aromatic ring is 1. The Kier molecular flexibility index (Phi) is 3.43. The van der Waals surface area contributed by atoms with Gasteiger partial charge in [0.25, 0.3) is 5.89 Å². The lowest BCUT2D eigenvalue weighted by Gasteiger charge is -1.98. The van der Waals surface area contributed by atoms with Crippen molar-refractivity contribution in [1.82, 2.24) is 19.9 Å². The maximum Gasteiger partial charge on any atom is 0.276 e. The Balaban J connectivity index is 1.98. The highest BCUT2D eigenvalue weighted by atomic mass is 16.5. The van der Waals surface area contributed by atoms with E-state index in [1.54, 1.807) is 0 Å². The largest absolute Gasteiger partial charge is 0.399 e. The molecule has 0 saturated heterocycles. The van der Waals surface area contributed by atoms with Crippen LogP contribution in [0.25, 0.3) is 23.0 Å². The zero-order valence-corrected chi connectivity index (χ0v) is 12.1. The van der Waals surface area contributed by atoms with Crippen LogP contribution in [0, 0.1) is 0 Å². The zero-order valence-electron chi connectivity index (χ0n) is 12.1. The lowest BCUT2D eigenvalue weighted by atomic mass is 10.2. The van der Waals surface area contributed by atoms with Crippen LogP contribution in [0.15, 0.2) is 34.9 Å². The van der Waals surface area contributed by atoms with Gasteiger partial charge in [0, 0.05) is 17.8 Å². The van der Waals surface area contributed by atoms with Crippen molar-refractivity contribution in [3.05, 3.63) is 36.0 Å². The highest BCUT2D eigenvalue weighted by molar-refractivity contribution is 5.60. The van der Waals surface area contributed by atoms with Crippen molar-refractivity contribution >= 4 is 5.69 Å². The third-order valence-electron chi connectivity index (χ3n) is 3.31. The van der Waals surface area contributed by atoms with Gasteiger partial charge in [-0.2, -0.15) is 10.1 Å². The van der Waals surface area contributed by atoms with E-state index in [0.29, 0.717) is 17.4 Å². The SMILES string of the molecule is CCc1cc(-c2nc(-c3ccc(N)cc3)no2)n(CC)n1. The summed E-state index contributed by atoms with van der Waals surface area (Å²) in [4.78, 5) is 4.46. The Morgan fingerprint density at radius 2 is 1.95 bits per heavy atom. The van der Waals surface area contributed by atoms with Crippen molar-refractivity contribution in [2.24, 2.45) is 0 Å². The van der Waals surface area contributed by atoms with Crippen LogP contribution in [0.2, 0.25) is 0 Å². The standard InChI is InChI=1S/C15H17N5O/c1-3-12-9-13(20(4-2)18-12)15-17-14(19-21-15)10-5-7-11(16)8-6-10/h5-9H,3-4,16H2,1-2H3. The molecule has 3 aromatic rings. The number of benzene rings is 1. The van der Waals surface area contributed by atoms with Gasteiger partial charge < -0.3 is 10.3 Å². The molecule has 3 rings (SSSR count). The Bertz CT molecular complexity index is 742. The van der Waals surface area contributed by atoms with Crippen LogP contribution in [-0.4, -0.2) is 19.9 Å². The minimum Gasteiger partial charge on any atom is -0.399 e. The topological polar surface area (TPSA) is 82.8 Å². The summed E-state index contributed by atoms with van der Waals surface area (Å²) in [5.74, 6) is 1.03. The molecular weight excluding hydrogens is 266 g/mol. The van der Waals surface area contributed by atoms with E-state index in [1.165, 1.54) is 0 Å². The summed E-state index contributed by atoms with van der Waals surface area (Å²) in [7, 11) is 0. The second kappa shape index (κ2) is 5.40. The van der Waals surface area contributed by atoms with Crippen molar-refractivity contribution in [3.8, 4) is 23.0 Å². The molecule has 0 spiro atoms. The monoisotopic (exact) mass is 283 g/mol. The first-order valence-corrected chi connectivity index (χ1v) is 6.98. The number of nitrogens with two attached hydrogens (primary N) is 1. The van der Waals surface area contributed by atoms with Crippen LogP contribution in [0.4, 0.5) is 5.69 Å². The van der Waals surface area contributed by atoms with E-state index < -0.39 is 0 Å². The van der Waals surface area contributed by atoms with Gasteiger partial charge in [-0.05, 0) is 43.7 Å². The normalized spacial score (nSPS) is 11.0. The molecule has 108 valence electrons. The summed E-state index contributed by atoms with van der Waals surface area (Å²) in [6.07, 6.45) is 0.874. The summed E-state index contributed by atoms with van der Waals surface area (Å²) >= 11 is 0. The predicted octanol–water partition coefficient (Wildman–Crippen LogP) is 2.76. The van der Waals surface area contributed by atoms with Crippen molar-refractivity contribution in [2.75, 3.05) is 5.73 Å². The van der Waals surface area contributed by atoms with Gasteiger partial charge in [-0.25, -0.2) is 0 Å². The molecule has 0 fully saturated rings. The lowest BCUT2D eigenvalue weighted by Crippen LogP contribution is -1.99. The lowest BCUT2D eigenvalue weighted by molar-refractivity contribution is 0.427. The van der Waals surface area contributed by atoms with Crippen molar-refractivity contribution in [3.63, 3.8) is 0 Å². The molecule has 0 bridgehead atoms. The van der Waals surface area contributed by atoms with Crippen LogP contribution in [-0.2, 0) is 13.0 Å². The smallest absolute Gasteiger partial charge is 0.276 e. The third-order valence-corrected chi connectivity index (χ3v) is 3.31. The molecule has 6 nitrogen and oxygen atoms in total. The molecule has 21 heavy (non-hydrogen) atoms. The molecule has 2 heterocycles. The minimum atomic E-state index is 0.482. The fourth-order valence-electron chi connectivity index (χ4n) is 2.13. The molecule has 2 N–H and O–H groups in total. The van der Waals surface area contributed by atoms with E-state index in [9.17, 15) is 0 Å². The minimum absolute atomic E-state index is 0.482. The van der Waals surface area contributed by atoms with E-state index >= 15 is 0 Å². The van der Waals surface area contributed by atoms with E-state index in [4.69, 9.17) is 10.3 Å². The number of hydrogen-bond donors (Lipinski definition) is 1. The van der Waals surface area contributed by atoms with Crippen LogP contribution in [0.3, 0.4) is 0 Å². The molecular formula is C15H17N5O. The van der Waals surface area contributed by atoms with Crippen LogP contribution >= 0.6 is 0 Å². The fraction of sp³-hybridized carbons (Fsp3) is 0.267. The second-order valence-electron chi connectivity index (χ2n) is 4.74. The molecule has 0 aliphatic rings. The van der Waals surface area contributed by atoms with Crippen LogP contribution in [0.5, 0.6) is 0 Å². The maximum absolute atomic E-state index is 5.68. The first kappa shape index (κ1) is 13.4. The van der Waals surface area contributed by atoms with Gasteiger partial charge in [-0.15, -0.1) is 0 Å². The van der Waals surface area contributed by atoms with Gasteiger partial charge in [0.05, 0.1) is 5.69 Å². The van der Waals surface area contributed by atoms with Gasteiger partial charge in [0.2, 0.25) is 5.82 Å². The Morgan fingerprint density at radius 3 is 2.62 bits per heavy atom. The summed E-state index contributed by atoms with van der Waals surface area (Å²) in [5, 5.41) is 8.52. The van der Waals surface area contributed by atoms with Gasteiger partial charge in [-0.3, -0.25) is 4.68 Å². The average molecular weight is 283 g/mol. The van der Waals surface area contributed by atoms with E-state index in [-0.39, 0.29) is 0 Å². The number of nitrogens with zero attached hydrogens (tertiary/aromatic N) is 4. The van der Waals surface area contributed by atoms with E-state index in [0.717, 1.165) is 29.9 Å². The molecule has 6 heteroatoms. The Labute approximate surface area is 122 Å². The zero-order chi connectivity index (χ0) is 14.8. The molecule has 0 aliphatic heterocycles. The first-order valence-electron chi connectivity index (χ1n) is 6.98. The molecule has 1 aromatic carbocycles. The quantitative estimate of drug-likeness (QED) is 0.744. The Morgan fingerprint density at radius 1 is 1.19 bits per heavy atom. The van der Waals surface area contributed by atoms with Crippen molar-refractivity contribution < 1.29 is 4.52 Å². The van der Waals surface area contributed by atoms with Gasteiger partial charge >= 0.3 is 0 Å². The molecule has 0 saturated carbocycles. The molecule has 0 radical (unpaired) electrons. The summed E-state index contributed by atoms with van der Waals surface area (Å²) in [6.45, 7) is 4.86. The third kappa shape index (κ3) is 2.52. The predicted molar refractivity (Wildman–Crippen MR) is 80.4 cm³/mol. The van der Waals surface area contributed by atoms with Crippen molar-refractivity contribution in [1.29, 1.82) is 0 Å². The van der Waals surface area contributed by atoms with E-state index in [1.807, 2.05) is 41.9 Å². The molecule has 2 aromatic heterocycles. The van der Waals surface area contributed by atoms with Gasteiger partial charge in [0.1, 0.15) is 5.69 Å². The van der Waals surface area contributed by atoms with Crippen LogP contribution in [0.1, 0.15) is 19.5 Å². The summed E-state index contributed by atoms with van der Waals surface area (Å²) in [6, 6.07) is 9.37. The highest BCUT2D eigenvalue weighted by Gasteiger charge is 2.16. The second-order valence-corrected chi connectivity index (χ2v) is 4.74. The van der Waals surface area contributed by atoms with Gasteiger partial charge in [-0.1, -0.05) is 12.1 Å². The number of rotatable bonds is 4. The highest BCUT2D eigenvalue weighted by Crippen LogP contribution is 2.23.